The van der Waals surface area contributed by atoms with E-state index in [1.54, 1.807) is 16.7 Å². The van der Waals surface area contributed by atoms with Crippen LogP contribution in [0, 0.1) is 5.92 Å². The molecule has 0 aromatic carbocycles. The Balaban J connectivity index is 2.27. The highest BCUT2D eigenvalue weighted by atomic mass is 32.2. The third-order valence-corrected chi connectivity index (χ3v) is 4.61. The van der Waals surface area contributed by atoms with Crippen molar-refractivity contribution in [1.29, 1.82) is 0 Å². The monoisotopic (exact) mass is 289 g/mol. The number of aliphatic hydroxyl groups excluding tert-OH is 1. The predicted molar refractivity (Wildman–Crippen MR) is 75.3 cm³/mol. The van der Waals surface area contributed by atoms with E-state index in [2.05, 4.69) is 5.43 Å². The van der Waals surface area contributed by atoms with Crippen LogP contribution in [-0.4, -0.2) is 52.5 Å². The molecule has 0 spiro atoms. The van der Waals surface area contributed by atoms with Crippen molar-refractivity contribution < 1.29 is 14.7 Å². The van der Waals surface area contributed by atoms with Crippen molar-refractivity contribution in [3.05, 3.63) is 0 Å². The molecule has 19 heavy (non-hydrogen) atoms. The smallest absolute Gasteiger partial charge is 0.237 e. The van der Waals surface area contributed by atoms with Gasteiger partial charge in [0.05, 0.1) is 5.75 Å². The second kappa shape index (κ2) is 8.39. The Kier molecular flexibility index (Phi) is 7.19. The second-order valence-electron chi connectivity index (χ2n) is 4.80. The van der Waals surface area contributed by atoms with Gasteiger partial charge in [0.2, 0.25) is 11.8 Å². The van der Waals surface area contributed by atoms with Gasteiger partial charge in [0.15, 0.2) is 0 Å². The van der Waals surface area contributed by atoms with Gasteiger partial charge < -0.3 is 10.0 Å². The molecule has 7 heteroatoms. The molecule has 1 aliphatic heterocycles. The number of nitrogens with zero attached hydrogens (tertiary/aromatic N) is 1. The number of amides is 2. The molecule has 0 aliphatic carbocycles. The Labute approximate surface area is 118 Å². The fourth-order valence-corrected chi connectivity index (χ4v) is 2.96. The summed E-state index contributed by atoms with van der Waals surface area (Å²) < 4.78 is 0. The van der Waals surface area contributed by atoms with E-state index in [1.165, 1.54) is 0 Å². The molecule has 0 aromatic rings. The summed E-state index contributed by atoms with van der Waals surface area (Å²) in [5, 5.41) is 9.08. The van der Waals surface area contributed by atoms with E-state index in [1.807, 2.05) is 6.92 Å². The number of carbonyl (C=O) groups excluding carboxylic acids is 2. The molecule has 4 N–H and O–H groups in total. The van der Waals surface area contributed by atoms with E-state index in [0.29, 0.717) is 38.1 Å². The summed E-state index contributed by atoms with van der Waals surface area (Å²) in [6.45, 7) is 3.39. The Morgan fingerprint density at radius 1 is 1.47 bits per heavy atom. The minimum Gasteiger partial charge on any atom is -0.396 e. The van der Waals surface area contributed by atoms with Crippen LogP contribution in [0.2, 0.25) is 0 Å². The normalized spacial score (nSPS) is 18.2. The average molecular weight is 289 g/mol. The average Bonchev–Trinajstić information content (AvgIpc) is 2.44. The Morgan fingerprint density at radius 2 is 2.11 bits per heavy atom. The van der Waals surface area contributed by atoms with Crippen molar-refractivity contribution in [2.75, 3.05) is 25.4 Å². The molecule has 1 rings (SSSR count). The van der Waals surface area contributed by atoms with Gasteiger partial charge in [0.25, 0.3) is 0 Å². The minimum absolute atomic E-state index is 0.0741. The predicted octanol–water partition coefficient (Wildman–Crippen LogP) is -0.281. The fraction of sp³-hybridized carbons (Fsp3) is 0.833. The first-order valence-electron chi connectivity index (χ1n) is 6.59. The summed E-state index contributed by atoms with van der Waals surface area (Å²) in [5.41, 5.74) is 2.16. The van der Waals surface area contributed by atoms with E-state index in [9.17, 15) is 9.59 Å². The third-order valence-electron chi connectivity index (χ3n) is 3.39. The Bertz CT molecular complexity index is 307. The summed E-state index contributed by atoms with van der Waals surface area (Å²) in [6.07, 6.45) is 2.05. The first-order chi connectivity index (χ1) is 9.08. The number of hydrogen-bond acceptors (Lipinski definition) is 5. The van der Waals surface area contributed by atoms with Gasteiger partial charge in [-0.3, -0.25) is 15.0 Å². The van der Waals surface area contributed by atoms with Gasteiger partial charge in [0.1, 0.15) is 0 Å². The number of nitrogens with one attached hydrogen (secondary N) is 1. The van der Waals surface area contributed by atoms with Gasteiger partial charge in [-0.2, -0.15) is 0 Å². The Hall–Kier alpha value is -0.790. The minimum atomic E-state index is -0.141. The van der Waals surface area contributed by atoms with Crippen molar-refractivity contribution in [2.45, 2.75) is 31.4 Å². The maximum absolute atomic E-state index is 12.0. The number of rotatable bonds is 6. The lowest BCUT2D eigenvalue weighted by atomic mass is 9.96. The zero-order valence-electron chi connectivity index (χ0n) is 11.3. The van der Waals surface area contributed by atoms with Crippen molar-refractivity contribution in [1.82, 2.24) is 10.3 Å². The molecule has 0 aromatic heterocycles. The quantitative estimate of drug-likeness (QED) is 0.355. The van der Waals surface area contributed by atoms with Crippen LogP contribution < -0.4 is 11.3 Å². The van der Waals surface area contributed by atoms with Gasteiger partial charge in [0, 0.05) is 30.9 Å². The standard InChI is InChI=1S/C12H23N3O3S/c1-9(4-7-16)19-8-11(17)15-5-2-10(3-6-15)12(18)14-13/h9-10,16H,2-8,13H2,1H3,(H,14,18). The lowest BCUT2D eigenvalue weighted by Crippen LogP contribution is -2.45. The molecule has 0 bridgehead atoms. The summed E-state index contributed by atoms with van der Waals surface area (Å²) >= 11 is 1.56. The van der Waals surface area contributed by atoms with Gasteiger partial charge in [-0.25, -0.2) is 5.84 Å². The van der Waals surface area contributed by atoms with Crippen LogP contribution >= 0.6 is 11.8 Å². The largest absolute Gasteiger partial charge is 0.396 e. The van der Waals surface area contributed by atoms with E-state index < -0.39 is 0 Å². The fourth-order valence-electron chi connectivity index (χ4n) is 2.08. The SMILES string of the molecule is CC(CCO)SCC(=O)N1CCC(C(=O)NN)CC1. The molecular weight excluding hydrogens is 266 g/mol. The zero-order chi connectivity index (χ0) is 14.3. The van der Waals surface area contributed by atoms with Crippen molar-refractivity contribution in [3.63, 3.8) is 0 Å². The van der Waals surface area contributed by atoms with Crippen LogP contribution in [0.3, 0.4) is 0 Å². The number of aliphatic hydroxyl groups is 1. The molecule has 1 heterocycles. The lowest BCUT2D eigenvalue weighted by Gasteiger charge is -2.31. The number of hydrogen-bond donors (Lipinski definition) is 3. The molecule has 0 saturated carbocycles. The van der Waals surface area contributed by atoms with Crippen molar-refractivity contribution >= 4 is 23.6 Å². The second-order valence-corrected chi connectivity index (χ2v) is 6.22. The van der Waals surface area contributed by atoms with E-state index in [0.717, 1.165) is 0 Å². The highest BCUT2D eigenvalue weighted by molar-refractivity contribution is 8.00. The van der Waals surface area contributed by atoms with Gasteiger partial charge in [-0.15, -0.1) is 11.8 Å². The van der Waals surface area contributed by atoms with E-state index in [-0.39, 0.29) is 29.6 Å². The zero-order valence-corrected chi connectivity index (χ0v) is 12.1. The van der Waals surface area contributed by atoms with Gasteiger partial charge in [-0.05, 0) is 19.3 Å². The van der Waals surface area contributed by atoms with Crippen LogP contribution in [0.25, 0.3) is 0 Å². The summed E-state index contributed by atoms with van der Waals surface area (Å²) in [5.74, 6) is 5.44. The number of likely N-dealkylation sites (tertiary alicyclic amines) is 1. The van der Waals surface area contributed by atoms with Gasteiger partial charge >= 0.3 is 0 Å². The first-order valence-corrected chi connectivity index (χ1v) is 7.64. The summed E-state index contributed by atoms with van der Waals surface area (Å²) in [6, 6.07) is 0. The maximum Gasteiger partial charge on any atom is 0.237 e. The van der Waals surface area contributed by atoms with Crippen molar-refractivity contribution in [3.8, 4) is 0 Å². The van der Waals surface area contributed by atoms with Crippen LogP contribution in [-0.2, 0) is 9.59 Å². The van der Waals surface area contributed by atoms with E-state index in [4.69, 9.17) is 10.9 Å². The molecule has 0 radical (unpaired) electrons. The number of thioether (sulfide) groups is 1. The summed E-state index contributed by atoms with van der Waals surface area (Å²) in [7, 11) is 0. The number of piperidine rings is 1. The van der Waals surface area contributed by atoms with Crippen molar-refractivity contribution in [2.24, 2.45) is 11.8 Å². The molecule has 1 fully saturated rings. The van der Waals surface area contributed by atoms with Crippen LogP contribution in [0.1, 0.15) is 26.2 Å². The van der Waals surface area contributed by atoms with Gasteiger partial charge in [-0.1, -0.05) is 6.92 Å². The molecule has 1 unspecified atom stereocenters. The molecule has 1 saturated heterocycles. The van der Waals surface area contributed by atoms with E-state index >= 15 is 0 Å². The maximum atomic E-state index is 12.0. The summed E-state index contributed by atoms with van der Waals surface area (Å²) in [4.78, 5) is 25.1. The molecule has 2 amide bonds. The third kappa shape index (κ3) is 5.38. The van der Waals surface area contributed by atoms with Crippen LogP contribution in [0.4, 0.5) is 0 Å². The highest BCUT2D eigenvalue weighted by Gasteiger charge is 2.26. The topological polar surface area (TPSA) is 95.7 Å². The highest BCUT2D eigenvalue weighted by Crippen LogP contribution is 2.19. The molecular formula is C12H23N3O3S. The van der Waals surface area contributed by atoms with Crippen LogP contribution in [0.5, 0.6) is 0 Å². The molecule has 1 atom stereocenters. The Morgan fingerprint density at radius 3 is 2.63 bits per heavy atom. The molecule has 1 aliphatic rings. The number of nitrogens with two attached hydrogens (primary N) is 1. The lowest BCUT2D eigenvalue weighted by molar-refractivity contribution is -0.133. The molecule has 6 nitrogen and oxygen atoms in total. The van der Waals surface area contributed by atoms with Crippen LogP contribution in [0.15, 0.2) is 0 Å². The molecule has 110 valence electrons. The first kappa shape index (κ1) is 16.3. The number of carbonyl (C=O) groups is 2. The number of hydrazine groups is 1.